The van der Waals surface area contributed by atoms with E-state index < -0.39 is 16.1 Å². The second kappa shape index (κ2) is 10.2. The molecule has 2 nitrogen and oxygen atoms in total. The van der Waals surface area contributed by atoms with Crippen LogP contribution in [0.4, 0.5) is 0 Å². The van der Waals surface area contributed by atoms with Crippen LogP contribution in [0, 0.1) is 0 Å². The van der Waals surface area contributed by atoms with Crippen molar-refractivity contribution in [2.75, 3.05) is 0 Å². The highest BCUT2D eigenvalue weighted by Gasteiger charge is 2.18. The summed E-state index contributed by atoms with van der Waals surface area (Å²) in [5.74, 6) is 0. The van der Waals surface area contributed by atoms with Crippen molar-refractivity contribution < 1.29 is 0 Å². The van der Waals surface area contributed by atoms with Crippen molar-refractivity contribution >= 4 is 50.8 Å². The zero-order valence-corrected chi connectivity index (χ0v) is 23.8. The summed E-state index contributed by atoms with van der Waals surface area (Å²) < 4.78 is 2.02. The van der Waals surface area contributed by atoms with Crippen LogP contribution in [0.3, 0.4) is 0 Å². The molecule has 3 aromatic carbocycles. The highest BCUT2D eigenvalue weighted by molar-refractivity contribution is 6.89. The van der Waals surface area contributed by atoms with Crippen LogP contribution in [0.1, 0.15) is 22.5 Å². The molecule has 0 aliphatic carbocycles. The molecule has 4 rings (SSSR count). The predicted octanol–water partition coefficient (Wildman–Crippen LogP) is 7.30. The summed E-state index contributed by atoms with van der Waals surface area (Å²) >= 11 is 0. The molecule has 1 aromatic heterocycles. The van der Waals surface area contributed by atoms with E-state index in [1.165, 1.54) is 21.5 Å². The lowest BCUT2D eigenvalue weighted by Gasteiger charge is -2.19. The molecule has 0 N–H and O–H groups in total. The average Bonchev–Trinajstić information content (AvgIpc) is 3.24. The lowest BCUT2D eigenvalue weighted by molar-refractivity contribution is 0.867. The maximum atomic E-state index is 4.94. The molecular weight excluding hydrogens is 457 g/mol. The zero-order chi connectivity index (χ0) is 25.1. The standard InChI is InChI=1S/C31H36N2Si2/c1-34(2,3)30-22-17-25(18-23-30)16-21-29-24-27(32-33(29)28-13-8-7-9-14-28)20-19-26-12-10-11-15-31(26)35(4,5)6/h7-24H,1-6H3. The Hall–Kier alpha value is -3.22. The van der Waals surface area contributed by atoms with Gasteiger partial charge < -0.3 is 0 Å². The van der Waals surface area contributed by atoms with Gasteiger partial charge in [0.2, 0.25) is 0 Å². The second-order valence-electron chi connectivity index (χ2n) is 11.1. The Morgan fingerprint density at radius 3 is 1.94 bits per heavy atom. The maximum Gasteiger partial charge on any atom is 0.0861 e. The molecule has 0 saturated carbocycles. The molecule has 0 fully saturated rings. The molecular formula is C31H36N2Si2. The number of para-hydroxylation sites is 1. The van der Waals surface area contributed by atoms with Gasteiger partial charge in [-0.3, -0.25) is 0 Å². The van der Waals surface area contributed by atoms with E-state index in [-0.39, 0.29) is 0 Å². The Balaban J connectivity index is 1.67. The molecule has 0 spiro atoms. The highest BCUT2D eigenvalue weighted by Crippen LogP contribution is 2.18. The first-order valence-electron chi connectivity index (χ1n) is 12.3. The topological polar surface area (TPSA) is 17.8 Å². The maximum absolute atomic E-state index is 4.94. The van der Waals surface area contributed by atoms with Crippen LogP contribution >= 0.6 is 0 Å². The lowest BCUT2D eigenvalue weighted by Crippen LogP contribution is -2.39. The normalized spacial score (nSPS) is 12.6. The molecule has 0 bridgehead atoms. The van der Waals surface area contributed by atoms with Crippen molar-refractivity contribution in [3.63, 3.8) is 0 Å². The van der Waals surface area contributed by atoms with Crippen molar-refractivity contribution in [1.29, 1.82) is 0 Å². The third-order valence-corrected chi connectivity index (χ3v) is 10.3. The van der Waals surface area contributed by atoms with E-state index in [0.29, 0.717) is 0 Å². The lowest BCUT2D eigenvalue weighted by atomic mass is 10.2. The first-order valence-corrected chi connectivity index (χ1v) is 19.3. The SMILES string of the molecule is C[Si](C)(C)c1ccc(C=Cc2cc(C=Cc3ccccc3[Si](C)(C)C)nn2-c2ccccc2)cc1. The molecule has 0 saturated heterocycles. The van der Waals surface area contributed by atoms with Gasteiger partial charge in [0.15, 0.2) is 0 Å². The zero-order valence-electron chi connectivity index (χ0n) is 21.8. The Kier molecular flexibility index (Phi) is 7.24. The summed E-state index contributed by atoms with van der Waals surface area (Å²) in [6.45, 7) is 14.3. The highest BCUT2D eigenvalue weighted by atomic mass is 28.3. The summed E-state index contributed by atoms with van der Waals surface area (Å²) in [5.41, 5.74) is 5.56. The number of aromatic nitrogens is 2. The fourth-order valence-electron chi connectivity index (χ4n) is 4.17. The minimum atomic E-state index is -1.43. The van der Waals surface area contributed by atoms with Crippen LogP contribution in [0.5, 0.6) is 0 Å². The van der Waals surface area contributed by atoms with E-state index in [4.69, 9.17) is 5.10 Å². The van der Waals surface area contributed by atoms with Gasteiger partial charge in [0.25, 0.3) is 0 Å². The Morgan fingerprint density at radius 1 is 0.629 bits per heavy atom. The van der Waals surface area contributed by atoms with Gasteiger partial charge in [-0.05, 0) is 41.5 Å². The summed E-state index contributed by atoms with van der Waals surface area (Å²) in [6, 6.07) is 30.3. The van der Waals surface area contributed by atoms with E-state index in [2.05, 4.69) is 142 Å². The third kappa shape index (κ3) is 6.27. The van der Waals surface area contributed by atoms with Gasteiger partial charge >= 0.3 is 0 Å². The number of rotatable bonds is 7. The summed E-state index contributed by atoms with van der Waals surface area (Å²) in [7, 11) is -2.72. The molecule has 0 amide bonds. The second-order valence-corrected chi connectivity index (χ2v) is 21.2. The Morgan fingerprint density at radius 2 is 1.29 bits per heavy atom. The largest absolute Gasteiger partial charge is 0.233 e. The van der Waals surface area contributed by atoms with Gasteiger partial charge in [-0.1, -0.05) is 129 Å². The van der Waals surface area contributed by atoms with Crippen LogP contribution < -0.4 is 10.4 Å². The summed E-state index contributed by atoms with van der Waals surface area (Å²) in [4.78, 5) is 0. The third-order valence-electron chi connectivity index (χ3n) is 6.18. The van der Waals surface area contributed by atoms with E-state index in [1.807, 2.05) is 10.7 Å². The van der Waals surface area contributed by atoms with Crippen LogP contribution in [0.25, 0.3) is 30.0 Å². The molecule has 0 unspecified atom stereocenters. The van der Waals surface area contributed by atoms with Crippen molar-refractivity contribution in [3.8, 4) is 5.69 Å². The van der Waals surface area contributed by atoms with Gasteiger partial charge in [-0.25, -0.2) is 4.68 Å². The molecule has 0 radical (unpaired) electrons. The van der Waals surface area contributed by atoms with E-state index in [0.717, 1.165) is 17.1 Å². The van der Waals surface area contributed by atoms with Crippen LogP contribution in [-0.2, 0) is 0 Å². The number of hydrogen-bond donors (Lipinski definition) is 0. The van der Waals surface area contributed by atoms with E-state index in [9.17, 15) is 0 Å². The number of benzene rings is 3. The van der Waals surface area contributed by atoms with Crippen molar-refractivity contribution in [2.45, 2.75) is 39.3 Å². The molecule has 4 heteroatoms. The molecule has 1 heterocycles. The van der Waals surface area contributed by atoms with Gasteiger partial charge in [0.1, 0.15) is 0 Å². The average molecular weight is 493 g/mol. The molecule has 178 valence electrons. The van der Waals surface area contributed by atoms with Crippen LogP contribution in [0.15, 0.2) is 84.9 Å². The van der Waals surface area contributed by atoms with Crippen LogP contribution in [0.2, 0.25) is 39.3 Å². The minimum absolute atomic E-state index is 0.952. The smallest absolute Gasteiger partial charge is 0.0861 e. The fourth-order valence-corrected chi connectivity index (χ4v) is 6.96. The summed E-state index contributed by atoms with van der Waals surface area (Å²) in [6.07, 6.45) is 8.70. The van der Waals surface area contributed by atoms with E-state index >= 15 is 0 Å². The predicted molar refractivity (Wildman–Crippen MR) is 160 cm³/mol. The van der Waals surface area contributed by atoms with Gasteiger partial charge in [0.05, 0.1) is 33.2 Å². The first kappa shape index (κ1) is 24.9. The van der Waals surface area contributed by atoms with Gasteiger partial charge in [-0.15, -0.1) is 0 Å². The number of nitrogens with zero attached hydrogens (tertiary/aromatic N) is 2. The van der Waals surface area contributed by atoms with Gasteiger partial charge in [-0.2, -0.15) is 5.10 Å². The van der Waals surface area contributed by atoms with Crippen molar-refractivity contribution in [2.24, 2.45) is 0 Å². The first-order chi connectivity index (χ1) is 16.6. The summed E-state index contributed by atoms with van der Waals surface area (Å²) in [5, 5.41) is 7.90. The van der Waals surface area contributed by atoms with Gasteiger partial charge in [0, 0.05) is 0 Å². The van der Waals surface area contributed by atoms with E-state index in [1.54, 1.807) is 0 Å². The number of hydrogen-bond acceptors (Lipinski definition) is 1. The molecule has 4 aromatic rings. The Bertz CT molecular complexity index is 1330. The Labute approximate surface area is 212 Å². The molecule has 0 atom stereocenters. The monoisotopic (exact) mass is 492 g/mol. The van der Waals surface area contributed by atoms with Crippen LogP contribution in [-0.4, -0.2) is 25.9 Å². The quantitative estimate of drug-likeness (QED) is 0.247. The minimum Gasteiger partial charge on any atom is -0.233 e. The fraction of sp³-hybridized carbons (Fsp3) is 0.194. The van der Waals surface area contributed by atoms with Crippen molar-refractivity contribution in [1.82, 2.24) is 9.78 Å². The molecule has 35 heavy (non-hydrogen) atoms. The molecule has 0 aliphatic heterocycles. The molecule has 0 aliphatic rings. The van der Waals surface area contributed by atoms with Crippen molar-refractivity contribution in [3.05, 3.63) is 107 Å².